The lowest BCUT2D eigenvalue weighted by Crippen LogP contribution is -2.41. The highest BCUT2D eigenvalue weighted by Gasteiger charge is 2.21. The SMILES string of the molecule is CSc1ccc2c(=O)n(-c3ccc(N(C=O)NS(=O)(=O)c4ccc(Cl)s4)cc3)cnc2c1. The molecule has 1 amide bonds. The molecule has 0 aliphatic carbocycles. The van der Waals surface area contributed by atoms with Gasteiger partial charge in [-0.25, -0.2) is 18.4 Å². The summed E-state index contributed by atoms with van der Waals surface area (Å²) in [5, 5.41) is 1.31. The number of hydrazine groups is 1. The summed E-state index contributed by atoms with van der Waals surface area (Å²) in [6.45, 7) is 0. The maximum absolute atomic E-state index is 12.9. The van der Waals surface area contributed by atoms with Crippen molar-refractivity contribution in [3.63, 3.8) is 0 Å². The van der Waals surface area contributed by atoms with Crippen LogP contribution in [0, 0.1) is 0 Å². The number of amides is 1. The van der Waals surface area contributed by atoms with Crippen LogP contribution in [0.1, 0.15) is 0 Å². The van der Waals surface area contributed by atoms with Gasteiger partial charge in [0.2, 0.25) is 6.41 Å². The number of hydrogen-bond donors (Lipinski definition) is 1. The lowest BCUT2D eigenvalue weighted by molar-refractivity contribution is -0.107. The molecule has 1 N–H and O–H groups in total. The van der Waals surface area contributed by atoms with Gasteiger partial charge < -0.3 is 0 Å². The van der Waals surface area contributed by atoms with Crippen molar-refractivity contribution < 1.29 is 13.2 Å². The van der Waals surface area contributed by atoms with E-state index in [2.05, 4.69) is 9.82 Å². The number of nitrogens with one attached hydrogen (secondary N) is 1. The number of halogens is 1. The largest absolute Gasteiger partial charge is 0.277 e. The van der Waals surface area contributed by atoms with E-state index < -0.39 is 10.0 Å². The van der Waals surface area contributed by atoms with Crippen molar-refractivity contribution in [2.75, 3.05) is 11.3 Å². The van der Waals surface area contributed by atoms with Crippen LogP contribution in [0.15, 0.2) is 74.8 Å². The summed E-state index contributed by atoms with van der Waals surface area (Å²) in [5.41, 5.74) is 1.14. The first-order valence-electron chi connectivity index (χ1n) is 9.00. The Morgan fingerprint density at radius 1 is 1.16 bits per heavy atom. The molecule has 0 saturated carbocycles. The molecule has 0 aliphatic rings. The number of rotatable bonds is 7. The number of aromatic nitrogens is 2. The fourth-order valence-electron chi connectivity index (χ4n) is 2.94. The van der Waals surface area contributed by atoms with E-state index in [1.165, 1.54) is 35.2 Å². The molecule has 164 valence electrons. The van der Waals surface area contributed by atoms with E-state index in [0.717, 1.165) is 21.2 Å². The Morgan fingerprint density at radius 3 is 2.53 bits per heavy atom. The van der Waals surface area contributed by atoms with Gasteiger partial charge in [-0.3, -0.25) is 14.2 Å². The number of sulfonamides is 1. The Hall–Kier alpha value is -2.70. The van der Waals surface area contributed by atoms with Gasteiger partial charge in [-0.05, 0) is 60.9 Å². The van der Waals surface area contributed by atoms with Gasteiger partial charge in [-0.15, -0.1) is 27.9 Å². The molecule has 0 saturated heterocycles. The van der Waals surface area contributed by atoms with Crippen LogP contribution in [0.2, 0.25) is 4.34 Å². The first kappa shape index (κ1) is 22.5. The molecule has 2 heterocycles. The Morgan fingerprint density at radius 2 is 1.91 bits per heavy atom. The number of anilines is 1. The highest BCUT2D eigenvalue weighted by Crippen LogP contribution is 2.26. The molecule has 0 bridgehead atoms. The number of hydrogen-bond acceptors (Lipinski definition) is 7. The van der Waals surface area contributed by atoms with Crippen LogP contribution in [0.5, 0.6) is 0 Å². The van der Waals surface area contributed by atoms with Gasteiger partial charge in [0.05, 0.1) is 26.6 Å². The second-order valence-electron chi connectivity index (χ2n) is 6.45. The normalized spacial score (nSPS) is 11.6. The van der Waals surface area contributed by atoms with E-state index in [4.69, 9.17) is 11.6 Å². The number of carbonyl (C=O) groups is 1. The molecule has 12 heteroatoms. The lowest BCUT2D eigenvalue weighted by atomic mass is 10.2. The fraction of sp³-hybridized carbons (Fsp3) is 0.0500. The Labute approximate surface area is 196 Å². The summed E-state index contributed by atoms with van der Waals surface area (Å²) >= 11 is 8.24. The minimum atomic E-state index is -3.99. The van der Waals surface area contributed by atoms with E-state index in [-0.39, 0.29) is 15.5 Å². The average molecular weight is 507 g/mol. The van der Waals surface area contributed by atoms with E-state index in [1.807, 2.05) is 18.4 Å². The number of nitrogens with zero attached hydrogens (tertiary/aromatic N) is 3. The van der Waals surface area contributed by atoms with Crippen molar-refractivity contribution in [2.24, 2.45) is 0 Å². The van der Waals surface area contributed by atoms with E-state index in [9.17, 15) is 18.0 Å². The van der Waals surface area contributed by atoms with Gasteiger partial charge in [0.1, 0.15) is 10.5 Å². The third-order valence-corrected chi connectivity index (χ3v) is 8.27. The van der Waals surface area contributed by atoms with Crippen molar-refractivity contribution >= 4 is 67.7 Å². The quantitative estimate of drug-likeness (QED) is 0.233. The third kappa shape index (κ3) is 4.43. The first-order valence-corrected chi connectivity index (χ1v) is 12.9. The Bertz CT molecular complexity index is 1470. The summed E-state index contributed by atoms with van der Waals surface area (Å²) in [7, 11) is -3.99. The van der Waals surface area contributed by atoms with Crippen LogP contribution >= 0.6 is 34.7 Å². The lowest BCUT2D eigenvalue weighted by Gasteiger charge is -2.18. The summed E-state index contributed by atoms with van der Waals surface area (Å²) in [6, 6.07) is 14.5. The number of carbonyl (C=O) groups excluding carboxylic acids is 1. The minimum absolute atomic E-state index is 0.0237. The van der Waals surface area contributed by atoms with Crippen molar-refractivity contribution in [3.8, 4) is 5.69 Å². The molecule has 0 fully saturated rings. The third-order valence-electron chi connectivity index (χ3n) is 4.51. The second kappa shape index (κ2) is 9.04. The van der Waals surface area contributed by atoms with Gasteiger partial charge in [-0.2, -0.15) is 0 Å². The first-order chi connectivity index (χ1) is 15.3. The van der Waals surface area contributed by atoms with Crippen LogP contribution in [0.25, 0.3) is 16.6 Å². The van der Waals surface area contributed by atoms with Gasteiger partial charge in [0.25, 0.3) is 15.6 Å². The van der Waals surface area contributed by atoms with Crippen molar-refractivity contribution in [3.05, 3.63) is 75.6 Å². The summed E-state index contributed by atoms with van der Waals surface area (Å²) < 4.78 is 26.6. The smallest absolute Gasteiger partial charge is 0.267 e. The van der Waals surface area contributed by atoms with Crippen molar-refractivity contribution in [1.29, 1.82) is 0 Å². The summed E-state index contributed by atoms with van der Waals surface area (Å²) in [4.78, 5) is 32.0. The van der Waals surface area contributed by atoms with Gasteiger partial charge >= 0.3 is 0 Å². The van der Waals surface area contributed by atoms with Crippen LogP contribution in [0.3, 0.4) is 0 Å². The van der Waals surface area contributed by atoms with Gasteiger partial charge in [0, 0.05) is 4.90 Å². The van der Waals surface area contributed by atoms with Crippen LogP contribution in [-0.4, -0.2) is 30.6 Å². The molecule has 2 aromatic heterocycles. The molecule has 0 aliphatic heterocycles. The van der Waals surface area contributed by atoms with Gasteiger partial charge in [-0.1, -0.05) is 11.6 Å². The van der Waals surface area contributed by atoms with E-state index in [1.54, 1.807) is 30.0 Å². The maximum Gasteiger partial charge on any atom is 0.267 e. The molecule has 0 atom stereocenters. The molecule has 0 spiro atoms. The minimum Gasteiger partial charge on any atom is -0.277 e. The molecule has 0 unspecified atom stereocenters. The zero-order chi connectivity index (χ0) is 22.9. The predicted molar refractivity (Wildman–Crippen MR) is 127 cm³/mol. The van der Waals surface area contributed by atoms with E-state index in [0.29, 0.717) is 27.3 Å². The Kier molecular flexibility index (Phi) is 6.35. The number of benzene rings is 2. The highest BCUT2D eigenvalue weighted by molar-refractivity contribution is 7.98. The molecule has 0 radical (unpaired) electrons. The Balaban J connectivity index is 1.63. The van der Waals surface area contributed by atoms with E-state index >= 15 is 0 Å². The average Bonchev–Trinajstić information content (AvgIpc) is 3.25. The second-order valence-corrected chi connectivity index (χ2v) is 10.9. The number of thiophene rings is 1. The zero-order valence-corrected chi connectivity index (χ0v) is 19.6. The monoisotopic (exact) mass is 506 g/mol. The summed E-state index contributed by atoms with van der Waals surface area (Å²) in [5.74, 6) is 0. The molecule has 2 aromatic carbocycles. The van der Waals surface area contributed by atoms with Crippen LogP contribution in [-0.2, 0) is 14.8 Å². The zero-order valence-electron chi connectivity index (χ0n) is 16.4. The molecular formula is C20H15ClN4O4S3. The molecule has 4 aromatic rings. The van der Waals surface area contributed by atoms with Gasteiger partial charge in [0.15, 0.2) is 0 Å². The number of fused-ring (bicyclic) bond motifs is 1. The highest BCUT2D eigenvalue weighted by atomic mass is 35.5. The molecule has 8 nitrogen and oxygen atoms in total. The topological polar surface area (TPSA) is 101 Å². The number of thioether (sulfide) groups is 1. The van der Waals surface area contributed by atoms with Crippen LogP contribution in [0.4, 0.5) is 5.69 Å². The standard InChI is InChI=1S/C20H15ClN4O4S3/c1-30-15-6-7-16-17(10-15)22-11-24(20(16)27)13-2-4-14(5-3-13)25(12-26)23-32(28,29)19-9-8-18(21)31-19/h2-12,23H,1H3. The van der Waals surface area contributed by atoms with Crippen molar-refractivity contribution in [2.45, 2.75) is 9.10 Å². The van der Waals surface area contributed by atoms with Crippen molar-refractivity contribution in [1.82, 2.24) is 14.4 Å². The van der Waals surface area contributed by atoms with Crippen LogP contribution < -0.4 is 15.4 Å². The predicted octanol–water partition coefficient (Wildman–Crippen LogP) is 3.68. The maximum atomic E-state index is 12.9. The summed E-state index contributed by atoms with van der Waals surface area (Å²) in [6.07, 6.45) is 3.72. The molecular weight excluding hydrogens is 492 g/mol. The fourth-order valence-corrected chi connectivity index (χ4v) is 5.85. The molecule has 4 rings (SSSR count). The molecule has 32 heavy (non-hydrogen) atoms.